The first-order valence-corrected chi connectivity index (χ1v) is 10.9. The van der Waals surface area contributed by atoms with Crippen molar-refractivity contribution in [3.63, 3.8) is 0 Å². The van der Waals surface area contributed by atoms with E-state index in [0.29, 0.717) is 5.92 Å². The fourth-order valence-corrected chi connectivity index (χ4v) is 4.83. The van der Waals surface area contributed by atoms with E-state index in [9.17, 15) is 4.39 Å². The predicted octanol–water partition coefficient (Wildman–Crippen LogP) is 6.40. The van der Waals surface area contributed by atoms with Gasteiger partial charge in [-0.25, -0.2) is 4.39 Å². The highest BCUT2D eigenvalue weighted by Gasteiger charge is 2.26. The van der Waals surface area contributed by atoms with Gasteiger partial charge in [-0.2, -0.15) is 0 Å². The lowest BCUT2D eigenvalue weighted by atomic mass is 9.86. The molecule has 152 valence electrons. The number of nitrogens with zero attached hydrogens (tertiary/aromatic N) is 1. The Morgan fingerprint density at radius 1 is 0.867 bits per heavy atom. The molecule has 0 amide bonds. The molecular formula is C27H27FN2. The maximum atomic E-state index is 13.9. The molecule has 1 N–H and O–H groups in total. The van der Waals surface area contributed by atoms with E-state index in [-0.39, 0.29) is 5.82 Å². The molecule has 0 spiro atoms. The molecule has 0 aliphatic carbocycles. The molecule has 0 bridgehead atoms. The Morgan fingerprint density at radius 3 is 2.30 bits per heavy atom. The van der Waals surface area contributed by atoms with Crippen LogP contribution >= 0.6 is 0 Å². The standard InChI is InChI=1S/C27H27FN2/c28-23-11-12-24-25(19-23)29-27(22-9-5-2-6-10-22)26(24)21-14-17-30(18-15-21)16-13-20-7-3-1-4-8-20/h1-12,19,21,29H,13-18H2. The summed E-state index contributed by atoms with van der Waals surface area (Å²) in [6.07, 6.45) is 3.38. The third kappa shape index (κ3) is 3.90. The summed E-state index contributed by atoms with van der Waals surface area (Å²) in [6, 6.07) is 26.3. The van der Waals surface area contributed by atoms with Crippen molar-refractivity contribution in [3.05, 3.63) is 95.8 Å². The molecule has 1 aliphatic rings. The molecule has 0 unspecified atom stereocenters. The van der Waals surface area contributed by atoms with E-state index in [1.807, 2.05) is 12.1 Å². The van der Waals surface area contributed by atoms with Gasteiger partial charge in [0.25, 0.3) is 0 Å². The number of hydrogen-bond donors (Lipinski definition) is 1. The van der Waals surface area contributed by atoms with Gasteiger partial charge in [-0.3, -0.25) is 0 Å². The number of aromatic amines is 1. The number of rotatable bonds is 5. The molecule has 4 aromatic rings. The first kappa shape index (κ1) is 19.1. The summed E-state index contributed by atoms with van der Waals surface area (Å²) in [5.41, 5.74) is 5.99. The zero-order valence-electron chi connectivity index (χ0n) is 17.2. The van der Waals surface area contributed by atoms with E-state index in [0.717, 1.165) is 55.5 Å². The van der Waals surface area contributed by atoms with Crippen LogP contribution in [0.2, 0.25) is 0 Å². The second kappa shape index (κ2) is 8.45. The number of halogens is 1. The van der Waals surface area contributed by atoms with Crippen LogP contribution < -0.4 is 0 Å². The zero-order chi connectivity index (χ0) is 20.3. The predicted molar refractivity (Wildman–Crippen MR) is 122 cm³/mol. The van der Waals surface area contributed by atoms with Crippen LogP contribution in [0.5, 0.6) is 0 Å². The first-order chi connectivity index (χ1) is 14.8. The van der Waals surface area contributed by atoms with E-state index < -0.39 is 0 Å². The van der Waals surface area contributed by atoms with Crippen molar-refractivity contribution in [1.82, 2.24) is 9.88 Å². The number of benzene rings is 3. The molecule has 0 atom stereocenters. The summed E-state index contributed by atoms with van der Waals surface area (Å²) in [4.78, 5) is 6.11. The fraction of sp³-hybridized carbons (Fsp3) is 0.259. The van der Waals surface area contributed by atoms with Gasteiger partial charge in [0.15, 0.2) is 0 Å². The van der Waals surface area contributed by atoms with Gasteiger partial charge in [0.05, 0.1) is 0 Å². The molecule has 1 saturated heterocycles. The zero-order valence-corrected chi connectivity index (χ0v) is 17.2. The molecule has 1 fully saturated rings. The average molecular weight is 399 g/mol. The number of aromatic nitrogens is 1. The van der Waals surface area contributed by atoms with Crippen LogP contribution in [0.25, 0.3) is 22.2 Å². The number of likely N-dealkylation sites (tertiary alicyclic amines) is 1. The molecule has 5 rings (SSSR count). The van der Waals surface area contributed by atoms with Crippen LogP contribution in [0, 0.1) is 5.82 Å². The quantitative estimate of drug-likeness (QED) is 0.412. The van der Waals surface area contributed by atoms with E-state index in [1.54, 1.807) is 12.1 Å². The first-order valence-electron chi connectivity index (χ1n) is 10.9. The third-order valence-electron chi connectivity index (χ3n) is 6.42. The van der Waals surface area contributed by atoms with Crippen molar-refractivity contribution >= 4 is 10.9 Å². The maximum Gasteiger partial charge on any atom is 0.125 e. The summed E-state index contributed by atoms with van der Waals surface area (Å²) in [5, 5.41) is 1.16. The molecule has 2 nitrogen and oxygen atoms in total. The lowest BCUT2D eigenvalue weighted by molar-refractivity contribution is 0.215. The van der Waals surface area contributed by atoms with Crippen molar-refractivity contribution in [2.24, 2.45) is 0 Å². The second-order valence-electron chi connectivity index (χ2n) is 8.32. The van der Waals surface area contributed by atoms with E-state index in [4.69, 9.17) is 0 Å². The second-order valence-corrected chi connectivity index (χ2v) is 8.32. The highest BCUT2D eigenvalue weighted by molar-refractivity contribution is 5.91. The van der Waals surface area contributed by atoms with Crippen molar-refractivity contribution < 1.29 is 4.39 Å². The number of hydrogen-bond acceptors (Lipinski definition) is 1. The molecule has 3 aromatic carbocycles. The largest absolute Gasteiger partial charge is 0.354 e. The Bertz CT molecular complexity index is 1110. The highest BCUT2D eigenvalue weighted by atomic mass is 19.1. The highest BCUT2D eigenvalue weighted by Crippen LogP contribution is 2.40. The Hall–Kier alpha value is -2.91. The van der Waals surface area contributed by atoms with Gasteiger partial charge in [0.1, 0.15) is 5.82 Å². The van der Waals surface area contributed by atoms with E-state index in [1.165, 1.54) is 16.7 Å². The lowest BCUT2D eigenvalue weighted by Crippen LogP contribution is -2.34. The molecule has 0 saturated carbocycles. The Labute approximate surface area is 177 Å². The summed E-state index contributed by atoms with van der Waals surface area (Å²) in [5.74, 6) is 0.304. The van der Waals surface area contributed by atoms with Gasteiger partial charge in [-0.05, 0) is 73.2 Å². The topological polar surface area (TPSA) is 19.0 Å². The monoisotopic (exact) mass is 398 g/mol. The maximum absolute atomic E-state index is 13.9. The Balaban J connectivity index is 1.37. The Kier molecular flexibility index (Phi) is 5.37. The van der Waals surface area contributed by atoms with Gasteiger partial charge in [-0.1, -0.05) is 60.7 Å². The van der Waals surface area contributed by atoms with Gasteiger partial charge in [0.2, 0.25) is 0 Å². The van der Waals surface area contributed by atoms with Crippen LogP contribution in [0.1, 0.15) is 29.9 Å². The molecule has 1 aliphatic heterocycles. The minimum atomic E-state index is -0.189. The van der Waals surface area contributed by atoms with Crippen LogP contribution in [0.4, 0.5) is 4.39 Å². The minimum absolute atomic E-state index is 0.189. The van der Waals surface area contributed by atoms with Crippen LogP contribution in [-0.4, -0.2) is 29.5 Å². The van der Waals surface area contributed by atoms with Crippen LogP contribution in [-0.2, 0) is 6.42 Å². The molecule has 30 heavy (non-hydrogen) atoms. The lowest BCUT2D eigenvalue weighted by Gasteiger charge is -2.32. The molecule has 1 aromatic heterocycles. The van der Waals surface area contributed by atoms with Crippen molar-refractivity contribution in [2.75, 3.05) is 19.6 Å². The number of nitrogens with one attached hydrogen (secondary N) is 1. The number of piperidine rings is 1. The number of H-pyrrole nitrogens is 1. The van der Waals surface area contributed by atoms with Gasteiger partial charge in [0, 0.05) is 23.1 Å². The Morgan fingerprint density at radius 2 is 1.57 bits per heavy atom. The normalized spacial score (nSPS) is 15.6. The molecular weight excluding hydrogens is 371 g/mol. The third-order valence-corrected chi connectivity index (χ3v) is 6.42. The average Bonchev–Trinajstić information content (AvgIpc) is 3.18. The van der Waals surface area contributed by atoms with Gasteiger partial charge in [-0.15, -0.1) is 0 Å². The summed E-state index contributed by atoms with van der Waals surface area (Å²) in [7, 11) is 0. The van der Waals surface area contributed by atoms with Crippen molar-refractivity contribution in [2.45, 2.75) is 25.2 Å². The smallest absolute Gasteiger partial charge is 0.125 e. The number of fused-ring (bicyclic) bond motifs is 1. The summed E-state index contributed by atoms with van der Waals surface area (Å²) < 4.78 is 13.9. The fourth-order valence-electron chi connectivity index (χ4n) is 4.83. The summed E-state index contributed by atoms with van der Waals surface area (Å²) in [6.45, 7) is 3.33. The molecule has 2 heterocycles. The molecule has 0 radical (unpaired) electrons. The summed E-state index contributed by atoms with van der Waals surface area (Å²) >= 11 is 0. The molecule has 3 heteroatoms. The minimum Gasteiger partial charge on any atom is -0.354 e. The van der Waals surface area contributed by atoms with Crippen molar-refractivity contribution in [1.29, 1.82) is 0 Å². The van der Waals surface area contributed by atoms with Crippen LogP contribution in [0.15, 0.2) is 78.9 Å². The SMILES string of the molecule is Fc1ccc2c(C3CCN(CCc4ccccc4)CC3)c(-c3ccccc3)[nH]c2c1. The van der Waals surface area contributed by atoms with Gasteiger partial charge >= 0.3 is 0 Å². The van der Waals surface area contributed by atoms with Crippen molar-refractivity contribution in [3.8, 4) is 11.3 Å². The van der Waals surface area contributed by atoms with Crippen LogP contribution in [0.3, 0.4) is 0 Å². The van der Waals surface area contributed by atoms with E-state index in [2.05, 4.69) is 64.5 Å². The van der Waals surface area contributed by atoms with E-state index >= 15 is 0 Å². The van der Waals surface area contributed by atoms with Gasteiger partial charge < -0.3 is 9.88 Å².